The molecule has 0 unspecified atom stereocenters. The van der Waals surface area contributed by atoms with Crippen LogP contribution in [0.2, 0.25) is 0 Å². The van der Waals surface area contributed by atoms with Crippen LogP contribution in [-0.2, 0) is 6.42 Å². The fourth-order valence-electron chi connectivity index (χ4n) is 2.21. The van der Waals surface area contributed by atoms with Crippen molar-refractivity contribution in [2.24, 2.45) is 5.92 Å². The number of aryl methyl sites for hydroxylation is 1. The fraction of sp³-hybridized carbons (Fsp3) is 0.647. The third-order valence-corrected chi connectivity index (χ3v) is 3.49. The highest BCUT2D eigenvalue weighted by atomic mass is 15.1. The summed E-state index contributed by atoms with van der Waals surface area (Å²) < 4.78 is 0. The van der Waals surface area contributed by atoms with Crippen molar-refractivity contribution in [3.63, 3.8) is 0 Å². The SMILES string of the molecule is CCC.CCc1ccc(N2CCC(C)CC2)cc1. The molecular weight excluding hydrogens is 218 g/mol. The number of anilines is 1. The summed E-state index contributed by atoms with van der Waals surface area (Å²) in [4.78, 5) is 2.51. The lowest BCUT2D eigenvalue weighted by Crippen LogP contribution is -2.32. The summed E-state index contributed by atoms with van der Waals surface area (Å²) in [5.74, 6) is 0.913. The van der Waals surface area contributed by atoms with Gasteiger partial charge >= 0.3 is 0 Å². The molecule has 0 aliphatic carbocycles. The zero-order valence-corrected chi connectivity index (χ0v) is 12.6. The van der Waals surface area contributed by atoms with Crippen LogP contribution in [0.1, 0.15) is 52.5 Å². The summed E-state index contributed by atoms with van der Waals surface area (Å²) >= 11 is 0. The van der Waals surface area contributed by atoms with E-state index in [4.69, 9.17) is 0 Å². The molecule has 102 valence electrons. The van der Waals surface area contributed by atoms with Crippen LogP contribution in [0, 0.1) is 5.92 Å². The van der Waals surface area contributed by atoms with Crippen molar-refractivity contribution in [2.45, 2.75) is 53.4 Å². The minimum Gasteiger partial charge on any atom is -0.372 e. The van der Waals surface area contributed by atoms with Crippen LogP contribution < -0.4 is 4.90 Å². The second-order valence-corrected chi connectivity index (χ2v) is 5.40. The Kier molecular flexibility index (Phi) is 6.85. The van der Waals surface area contributed by atoms with Gasteiger partial charge in [-0.1, -0.05) is 46.2 Å². The lowest BCUT2D eigenvalue weighted by Gasteiger charge is -2.32. The normalized spacial score (nSPS) is 16.1. The second kappa shape index (κ2) is 8.18. The molecule has 0 spiro atoms. The first kappa shape index (κ1) is 15.1. The van der Waals surface area contributed by atoms with E-state index in [9.17, 15) is 0 Å². The van der Waals surface area contributed by atoms with Crippen LogP contribution in [0.15, 0.2) is 24.3 Å². The summed E-state index contributed by atoms with van der Waals surface area (Å²) in [7, 11) is 0. The molecule has 1 saturated heterocycles. The minimum absolute atomic E-state index is 0.913. The Bertz CT molecular complexity index is 307. The summed E-state index contributed by atoms with van der Waals surface area (Å²) in [5, 5.41) is 0. The quantitative estimate of drug-likeness (QED) is 0.718. The van der Waals surface area contributed by atoms with Gasteiger partial charge in [0.15, 0.2) is 0 Å². The number of benzene rings is 1. The molecule has 0 amide bonds. The van der Waals surface area contributed by atoms with Crippen LogP contribution in [0.3, 0.4) is 0 Å². The molecule has 1 nitrogen and oxygen atoms in total. The first-order valence-electron chi connectivity index (χ1n) is 7.55. The van der Waals surface area contributed by atoms with Crippen LogP contribution in [-0.4, -0.2) is 13.1 Å². The van der Waals surface area contributed by atoms with E-state index in [1.54, 1.807) is 0 Å². The van der Waals surface area contributed by atoms with Gasteiger partial charge in [-0.2, -0.15) is 0 Å². The van der Waals surface area contributed by atoms with Gasteiger partial charge in [0.1, 0.15) is 0 Å². The molecule has 1 heterocycles. The highest BCUT2D eigenvalue weighted by molar-refractivity contribution is 5.47. The number of rotatable bonds is 2. The number of nitrogens with zero attached hydrogens (tertiary/aromatic N) is 1. The Morgan fingerprint density at radius 2 is 1.50 bits per heavy atom. The van der Waals surface area contributed by atoms with Crippen molar-refractivity contribution in [3.8, 4) is 0 Å². The van der Waals surface area contributed by atoms with Crippen molar-refractivity contribution < 1.29 is 0 Å². The lowest BCUT2D eigenvalue weighted by atomic mass is 9.98. The highest BCUT2D eigenvalue weighted by Crippen LogP contribution is 2.23. The van der Waals surface area contributed by atoms with Gasteiger partial charge in [-0.05, 0) is 42.9 Å². The third kappa shape index (κ3) is 4.72. The molecule has 0 bridgehead atoms. The van der Waals surface area contributed by atoms with Crippen molar-refractivity contribution in [1.82, 2.24) is 0 Å². The van der Waals surface area contributed by atoms with Gasteiger partial charge in [0.2, 0.25) is 0 Å². The molecular formula is C17H29N. The molecule has 0 saturated carbocycles. The molecule has 1 aliphatic heterocycles. The summed E-state index contributed by atoms with van der Waals surface area (Å²) in [6.45, 7) is 11.3. The molecule has 0 N–H and O–H groups in total. The lowest BCUT2D eigenvalue weighted by molar-refractivity contribution is 0.438. The Hall–Kier alpha value is -0.980. The Morgan fingerprint density at radius 3 is 1.94 bits per heavy atom. The predicted octanol–water partition coefficient (Wildman–Crippen LogP) is 4.90. The first-order valence-corrected chi connectivity index (χ1v) is 7.55. The van der Waals surface area contributed by atoms with Crippen molar-refractivity contribution >= 4 is 5.69 Å². The smallest absolute Gasteiger partial charge is 0.0366 e. The van der Waals surface area contributed by atoms with E-state index in [2.05, 4.69) is 56.9 Å². The predicted molar refractivity (Wildman–Crippen MR) is 82.4 cm³/mol. The summed E-state index contributed by atoms with van der Waals surface area (Å²) in [6, 6.07) is 9.06. The van der Waals surface area contributed by atoms with Crippen LogP contribution in [0.25, 0.3) is 0 Å². The molecule has 1 aromatic carbocycles. The van der Waals surface area contributed by atoms with Crippen LogP contribution in [0.5, 0.6) is 0 Å². The molecule has 1 aliphatic rings. The maximum Gasteiger partial charge on any atom is 0.0366 e. The average molecular weight is 247 g/mol. The van der Waals surface area contributed by atoms with E-state index in [0.29, 0.717) is 0 Å². The standard InChI is InChI=1S/C14H21N.C3H8/c1-3-13-4-6-14(7-5-13)15-10-8-12(2)9-11-15;1-3-2/h4-7,12H,3,8-11H2,1-2H3;3H2,1-2H3. The fourth-order valence-corrected chi connectivity index (χ4v) is 2.21. The second-order valence-electron chi connectivity index (χ2n) is 5.40. The summed E-state index contributed by atoms with van der Waals surface area (Å²) in [5.41, 5.74) is 2.84. The maximum absolute atomic E-state index is 2.51. The van der Waals surface area contributed by atoms with Gasteiger partial charge in [0.05, 0.1) is 0 Å². The monoisotopic (exact) mass is 247 g/mol. The molecule has 18 heavy (non-hydrogen) atoms. The van der Waals surface area contributed by atoms with Gasteiger partial charge in [0, 0.05) is 18.8 Å². The van der Waals surface area contributed by atoms with Gasteiger partial charge < -0.3 is 4.90 Å². The first-order chi connectivity index (χ1) is 8.71. The summed E-state index contributed by atoms with van der Waals surface area (Å²) in [6.07, 6.45) is 5.07. The van der Waals surface area contributed by atoms with E-state index in [-0.39, 0.29) is 0 Å². The van der Waals surface area contributed by atoms with E-state index in [1.807, 2.05) is 0 Å². The Morgan fingerprint density at radius 1 is 1.00 bits per heavy atom. The van der Waals surface area contributed by atoms with E-state index in [0.717, 1.165) is 12.3 Å². The number of hydrogen-bond acceptors (Lipinski definition) is 1. The molecule has 0 atom stereocenters. The third-order valence-electron chi connectivity index (χ3n) is 3.49. The molecule has 1 heteroatoms. The number of hydrogen-bond donors (Lipinski definition) is 0. The molecule has 0 radical (unpaired) electrons. The van der Waals surface area contributed by atoms with Gasteiger partial charge in [-0.3, -0.25) is 0 Å². The van der Waals surface area contributed by atoms with Crippen molar-refractivity contribution in [2.75, 3.05) is 18.0 Å². The van der Waals surface area contributed by atoms with E-state index in [1.165, 1.54) is 43.6 Å². The zero-order valence-electron chi connectivity index (χ0n) is 12.6. The minimum atomic E-state index is 0.913. The molecule has 2 rings (SSSR count). The molecule has 1 fully saturated rings. The Labute approximate surface area is 113 Å². The van der Waals surface area contributed by atoms with E-state index >= 15 is 0 Å². The van der Waals surface area contributed by atoms with Gasteiger partial charge in [0.25, 0.3) is 0 Å². The topological polar surface area (TPSA) is 3.24 Å². The largest absolute Gasteiger partial charge is 0.372 e. The Balaban J connectivity index is 0.000000492. The average Bonchev–Trinajstić information content (AvgIpc) is 2.41. The van der Waals surface area contributed by atoms with Crippen molar-refractivity contribution in [1.29, 1.82) is 0 Å². The van der Waals surface area contributed by atoms with Gasteiger partial charge in [-0.15, -0.1) is 0 Å². The zero-order chi connectivity index (χ0) is 13.4. The molecule has 1 aromatic rings. The van der Waals surface area contributed by atoms with Crippen LogP contribution in [0.4, 0.5) is 5.69 Å². The van der Waals surface area contributed by atoms with Gasteiger partial charge in [-0.25, -0.2) is 0 Å². The molecule has 0 aromatic heterocycles. The highest BCUT2D eigenvalue weighted by Gasteiger charge is 2.15. The number of piperidine rings is 1. The van der Waals surface area contributed by atoms with E-state index < -0.39 is 0 Å². The maximum atomic E-state index is 2.51. The van der Waals surface area contributed by atoms with Crippen LogP contribution >= 0.6 is 0 Å². The van der Waals surface area contributed by atoms with Crippen molar-refractivity contribution in [3.05, 3.63) is 29.8 Å².